The van der Waals surface area contributed by atoms with Crippen molar-refractivity contribution in [3.8, 4) is 11.5 Å². The first kappa shape index (κ1) is 26.7. The highest BCUT2D eigenvalue weighted by atomic mass is 16.7. The standard InChI is InChI=1S/C7H15BO6.C7H7BO2.2C2H6/c1-8-13-6(4(11)2-9)7(14-8)5(12)3-10;1-8-9-6-4-2-3-5-7(6)10-8;2*1-2/h4-7,9-12H,2-3H2,1H3;2-5H,1H3;2*1-2H3. The Morgan fingerprint density at radius 1 is 0.786 bits per heavy atom. The molecule has 3 rings (SSSR count). The normalized spacial score (nSPS) is 21.4. The average molecular weight is 400 g/mol. The quantitative estimate of drug-likeness (QED) is 0.558. The van der Waals surface area contributed by atoms with Crippen LogP contribution in [0.2, 0.25) is 13.6 Å². The summed E-state index contributed by atoms with van der Waals surface area (Å²) in [7, 11) is -0.690. The monoisotopic (exact) mass is 400 g/mol. The molecule has 4 atom stereocenters. The van der Waals surface area contributed by atoms with Crippen LogP contribution < -0.4 is 9.31 Å². The van der Waals surface area contributed by atoms with Crippen LogP contribution in [-0.2, 0) is 9.31 Å². The van der Waals surface area contributed by atoms with E-state index in [-0.39, 0.29) is 7.12 Å². The van der Waals surface area contributed by atoms with Gasteiger partial charge in [0.15, 0.2) is 0 Å². The maximum absolute atomic E-state index is 9.34. The van der Waals surface area contributed by atoms with Crippen LogP contribution in [0.15, 0.2) is 24.3 Å². The molecule has 160 valence electrons. The molecule has 2 heterocycles. The molecule has 4 unspecified atom stereocenters. The highest BCUT2D eigenvalue weighted by Gasteiger charge is 2.43. The summed E-state index contributed by atoms with van der Waals surface area (Å²) in [6.07, 6.45) is -3.86. The lowest BCUT2D eigenvalue weighted by atomic mass is 9.97. The minimum Gasteiger partial charge on any atom is -0.523 e. The largest absolute Gasteiger partial charge is 0.591 e. The molecule has 1 saturated heterocycles. The molecule has 0 bridgehead atoms. The van der Waals surface area contributed by atoms with Gasteiger partial charge in [-0.05, 0) is 25.8 Å². The highest BCUT2D eigenvalue weighted by molar-refractivity contribution is 6.45. The molecule has 8 nitrogen and oxygen atoms in total. The molecule has 4 N–H and O–H groups in total. The number of fused-ring (bicyclic) bond motifs is 1. The van der Waals surface area contributed by atoms with E-state index >= 15 is 0 Å². The topological polar surface area (TPSA) is 118 Å². The van der Waals surface area contributed by atoms with Gasteiger partial charge in [-0.3, -0.25) is 0 Å². The van der Waals surface area contributed by atoms with Crippen molar-refractivity contribution in [3.63, 3.8) is 0 Å². The van der Waals surface area contributed by atoms with Gasteiger partial charge in [-0.2, -0.15) is 0 Å². The minimum atomic E-state index is -1.12. The van der Waals surface area contributed by atoms with Crippen LogP contribution in [0.3, 0.4) is 0 Å². The van der Waals surface area contributed by atoms with Crippen LogP contribution in [0, 0.1) is 0 Å². The first-order chi connectivity index (χ1) is 13.5. The summed E-state index contributed by atoms with van der Waals surface area (Å²) in [5.74, 6) is 1.69. The Morgan fingerprint density at radius 2 is 1.14 bits per heavy atom. The fourth-order valence-electron chi connectivity index (χ4n) is 2.48. The molecule has 0 aromatic heterocycles. The van der Waals surface area contributed by atoms with Gasteiger partial charge in [0.05, 0.1) is 25.4 Å². The van der Waals surface area contributed by atoms with E-state index in [1.54, 1.807) is 6.82 Å². The zero-order valence-electron chi connectivity index (χ0n) is 17.6. The fraction of sp³-hybridized carbons (Fsp3) is 0.667. The van der Waals surface area contributed by atoms with E-state index in [2.05, 4.69) is 0 Å². The predicted molar refractivity (Wildman–Crippen MR) is 110 cm³/mol. The van der Waals surface area contributed by atoms with Crippen molar-refractivity contribution in [2.24, 2.45) is 0 Å². The Kier molecular flexibility index (Phi) is 14.0. The third kappa shape index (κ3) is 7.98. The molecule has 0 saturated carbocycles. The highest BCUT2D eigenvalue weighted by Crippen LogP contribution is 2.32. The van der Waals surface area contributed by atoms with Gasteiger partial charge >= 0.3 is 14.2 Å². The number of benzene rings is 1. The van der Waals surface area contributed by atoms with Crippen molar-refractivity contribution in [2.45, 2.75) is 65.8 Å². The van der Waals surface area contributed by atoms with Crippen LogP contribution >= 0.6 is 0 Å². The second kappa shape index (κ2) is 14.7. The summed E-state index contributed by atoms with van der Waals surface area (Å²) < 4.78 is 20.9. The van der Waals surface area contributed by atoms with E-state index < -0.39 is 44.7 Å². The summed E-state index contributed by atoms with van der Waals surface area (Å²) in [6.45, 7) is 10.5. The summed E-state index contributed by atoms with van der Waals surface area (Å²) in [5.41, 5.74) is 0. The third-order valence-corrected chi connectivity index (χ3v) is 3.59. The molecule has 0 aliphatic carbocycles. The zero-order valence-corrected chi connectivity index (χ0v) is 17.6. The second-order valence-electron chi connectivity index (χ2n) is 5.52. The van der Waals surface area contributed by atoms with Crippen molar-refractivity contribution < 1.29 is 39.0 Å². The van der Waals surface area contributed by atoms with Gasteiger partial charge < -0.3 is 39.0 Å². The number of rotatable bonds is 4. The van der Waals surface area contributed by atoms with Crippen molar-refractivity contribution in [1.29, 1.82) is 0 Å². The third-order valence-electron chi connectivity index (χ3n) is 3.59. The van der Waals surface area contributed by atoms with Gasteiger partial charge in [0.1, 0.15) is 23.7 Å². The Hall–Kier alpha value is -1.29. The van der Waals surface area contributed by atoms with Gasteiger partial charge in [-0.1, -0.05) is 39.8 Å². The predicted octanol–water partition coefficient (Wildman–Crippen LogP) is 1.22. The average Bonchev–Trinajstić information content (AvgIpc) is 3.31. The minimum absolute atomic E-state index is 0.127. The molecular weight excluding hydrogens is 366 g/mol. The van der Waals surface area contributed by atoms with Gasteiger partial charge in [0.25, 0.3) is 0 Å². The molecule has 0 radical (unpaired) electrons. The number of aliphatic hydroxyl groups is 4. The summed E-state index contributed by atoms with van der Waals surface area (Å²) >= 11 is 0. The van der Waals surface area contributed by atoms with Crippen molar-refractivity contribution >= 4 is 14.2 Å². The first-order valence-electron chi connectivity index (χ1n) is 9.77. The van der Waals surface area contributed by atoms with E-state index in [0.29, 0.717) is 0 Å². The molecule has 1 aromatic rings. The van der Waals surface area contributed by atoms with E-state index in [9.17, 15) is 10.2 Å². The van der Waals surface area contributed by atoms with E-state index in [1.165, 1.54) is 0 Å². The molecule has 0 amide bonds. The van der Waals surface area contributed by atoms with E-state index in [4.69, 9.17) is 28.8 Å². The number of para-hydroxylation sites is 2. The first-order valence-corrected chi connectivity index (χ1v) is 9.77. The van der Waals surface area contributed by atoms with Crippen LogP contribution in [0.4, 0.5) is 0 Å². The lowest BCUT2D eigenvalue weighted by Crippen LogP contribution is -2.45. The fourth-order valence-corrected chi connectivity index (χ4v) is 2.48. The molecule has 1 aromatic carbocycles. The van der Waals surface area contributed by atoms with Crippen LogP contribution in [0.25, 0.3) is 0 Å². The van der Waals surface area contributed by atoms with Crippen LogP contribution in [0.1, 0.15) is 27.7 Å². The molecule has 2 aliphatic heterocycles. The van der Waals surface area contributed by atoms with E-state index in [1.807, 2.05) is 58.8 Å². The maximum Gasteiger partial charge on any atom is 0.591 e. The summed E-state index contributed by atoms with van der Waals surface area (Å²) in [5, 5.41) is 36.1. The zero-order chi connectivity index (χ0) is 21.7. The number of aliphatic hydroxyl groups excluding tert-OH is 4. The Bertz CT molecular complexity index is 479. The molecule has 10 heteroatoms. The lowest BCUT2D eigenvalue weighted by Gasteiger charge is -2.24. The Morgan fingerprint density at radius 3 is 1.46 bits per heavy atom. The van der Waals surface area contributed by atoms with Gasteiger partial charge in [-0.15, -0.1) is 0 Å². The smallest absolute Gasteiger partial charge is 0.523 e. The Balaban J connectivity index is 0.000000456. The van der Waals surface area contributed by atoms with Crippen molar-refractivity contribution in [2.75, 3.05) is 13.2 Å². The van der Waals surface area contributed by atoms with E-state index in [0.717, 1.165) is 11.5 Å². The van der Waals surface area contributed by atoms with Crippen molar-refractivity contribution in [1.82, 2.24) is 0 Å². The molecule has 28 heavy (non-hydrogen) atoms. The second-order valence-corrected chi connectivity index (χ2v) is 5.52. The molecule has 1 fully saturated rings. The lowest BCUT2D eigenvalue weighted by molar-refractivity contribution is -0.0640. The summed E-state index contributed by atoms with van der Waals surface area (Å²) in [6, 6.07) is 7.66. The van der Waals surface area contributed by atoms with Gasteiger partial charge in [-0.25, -0.2) is 0 Å². The molecule has 2 aliphatic rings. The van der Waals surface area contributed by atoms with Gasteiger partial charge in [0, 0.05) is 0 Å². The van der Waals surface area contributed by atoms with Crippen LogP contribution in [0.5, 0.6) is 11.5 Å². The van der Waals surface area contributed by atoms with Gasteiger partial charge in [0.2, 0.25) is 0 Å². The summed E-state index contributed by atoms with van der Waals surface area (Å²) in [4.78, 5) is 0. The number of hydrogen-bond donors (Lipinski definition) is 4. The van der Waals surface area contributed by atoms with Crippen molar-refractivity contribution in [3.05, 3.63) is 24.3 Å². The Labute approximate surface area is 168 Å². The molecular formula is C18H34B2O8. The molecule has 0 spiro atoms. The SMILES string of the molecule is CB1OC(C(O)CO)C(C(O)CO)O1.CB1Oc2ccccc2O1.CC.CC. The van der Waals surface area contributed by atoms with Crippen LogP contribution in [-0.4, -0.2) is 72.3 Å². The maximum atomic E-state index is 9.34. The number of hydrogen-bond acceptors (Lipinski definition) is 8.